The molecule has 3 aromatic rings. The molecule has 1 aliphatic rings. The molecule has 0 aliphatic carbocycles. The highest BCUT2D eigenvalue weighted by Crippen LogP contribution is 2.38. The summed E-state index contributed by atoms with van der Waals surface area (Å²) in [5.41, 5.74) is 0.499. The van der Waals surface area contributed by atoms with Crippen molar-refractivity contribution in [1.82, 2.24) is 10.3 Å². The number of amides is 2. The van der Waals surface area contributed by atoms with E-state index < -0.39 is 35.3 Å². The number of aromatic nitrogens is 1. The number of halogens is 3. The molecule has 9 heteroatoms. The topological polar surface area (TPSA) is 74.4 Å². The monoisotopic (exact) mass is 431 g/mol. The lowest BCUT2D eigenvalue weighted by Gasteiger charge is -2.20. The number of benzene rings is 2. The fourth-order valence-corrected chi connectivity index (χ4v) is 3.83. The van der Waals surface area contributed by atoms with E-state index in [1.165, 1.54) is 12.1 Å². The molecule has 6 nitrogen and oxygen atoms in total. The Labute approximate surface area is 176 Å². The van der Waals surface area contributed by atoms with Crippen LogP contribution in [0.25, 0.3) is 10.9 Å². The third-order valence-electron chi connectivity index (χ3n) is 5.36. The van der Waals surface area contributed by atoms with Gasteiger partial charge in [-0.25, -0.2) is 4.90 Å². The Morgan fingerprint density at radius 2 is 1.97 bits per heavy atom. The number of para-hydroxylation sites is 1. The number of alkyl halides is 3. The number of methoxy groups -OCH3 is 1. The molecule has 0 radical (unpaired) electrons. The second kappa shape index (κ2) is 8.07. The maximum Gasteiger partial charge on any atom is 0.418 e. The first kappa shape index (κ1) is 20.9. The first-order chi connectivity index (χ1) is 14.8. The van der Waals surface area contributed by atoms with Gasteiger partial charge in [0.1, 0.15) is 5.75 Å². The van der Waals surface area contributed by atoms with Crippen molar-refractivity contribution in [3.05, 3.63) is 59.8 Å². The highest BCUT2D eigenvalue weighted by molar-refractivity contribution is 6.22. The molecule has 4 rings (SSSR count). The van der Waals surface area contributed by atoms with Crippen molar-refractivity contribution < 1.29 is 27.5 Å². The lowest BCUT2D eigenvalue weighted by atomic mass is 10.1. The summed E-state index contributed by atoms with van der Waals surface area (Å²) >= 11 is 0. The summed E-state index contributed by atoms with van der Waals surface area (Å²) in [4.78, 5) is 28.9. The highest BCUT2D eigenvalue weighted by atomic mass is 19.4. The number of hydrogen-bond acceptors (Lipinski definition) is 4. The molecule has 1 aliphatic heterocycles. The summed E-state index contributed by atoms with van der Waals surface area (Å²) < 4.78 is 45.2. The SMILES string of the molecule is COc1ccc2[nH]cc(CCNC3CC(=O)N(c4ccccc4C(F)(F)F)C3=O)c2c1. The van der Waals surface area contributed by atoms with Gasteiger partial charge in [-0.05, 0) is 42.3 Å². The standard InChI is InChI=1S/C22H20F3N3O3/c1-31-14-6-7-17-15(10-14)13(12-27-17)8-9-26-18-11-20(29)28(21(18)30)19-5-3-2-4-16(19)22(23,24)25/h2-7,10,12,18,26-27H,8-9,11H2,1H3. The van der Waals surface area contributed by atoms with Crippen LogP contribution in [0.5, 0.6) is 5.75 Å². The lowest BCUT2D eigenvalue weighted by Crippen LogP contribution is -2.40. The van der Waals surface area contributed by atoms with Gasteiger partial charge in [0.25, 0.3) is 5.91 Å². The predicted molar refractivity (Wildman–Crippen MR) is 109 cm³/mol. The van der Waals surface area contributed by atoms with Gasteiger partial charge < -0.3 is 15.0 Å². The van der Waals surface area contributed by atoms with E-state index in [9.17, 15) is 22.8 Å². The number of rotatable bonds is 6. The Morgan fingerprint density at radius 3 is 2.71 bits per heavy atom. The molecular formula is C22H20F3N3O3. The summed E-state index contributed by atoms with van der Waals surface area (Å²) in [6, 6.07) is 9.38. The van der Waals surface area contributed by atoms with Crippen LogP contribution in [-0.4, -0.2) is 36.5 Å². The van der Waals surface area contributed by atoms with Crippen molar-refractivity contribution in [3.63, 3.8) is 0 Å². The highest BCUT2D eigenvalue weighted by Gasteiger charge is 2.43. The minimum absolute atomic E-state index is 0.188. The molecule has 1 unspecified atom stereocenters. The Kier molecular flexibility index (Phi) is 5.45. The molecule has 1 atom stereocenters. The van der Waals surface area contributed by atoms with Crippen LogP contribution in [0.4, 0.5) is 18.9 Å². The summed E-state index contributed by atoms with van der Waals surface area (Å²) in [7, 11) is 1.58. The van der Waals surface area contributed by atoms with Gasteiger partial charge in [-0.1, -0.05) is 12.1 Å². The Hall–Kier alpha value is -3.33. The zero-order valence-corrected chi connectivity index (χ0v) is 16.6. The zero-order valence-electron chi connectivity index (χ0n) is 16.6. The van der Waals surface area contributed by atoms with E-state index in [2.05, 4.69) is 10.3 Å². The average Bonchev–Trinajstić information content (AvgIpc) is 3.27. The van der Waals surface area contributed by atoms with Crippen molar-refractivity contribution >= 4 is 28.4 Å². The number of carbonyl (C=O) groups is 2. The number of hydrogen-bond donors (Lipinski definition) is 2. The van der Waals surface area contributed by atoms with E-state index in [-0.39, 0.29) is 6.42 Å². The summed E-state index contributed by atoms with van der Waals surface area (Å²) in [5, 5.41) is 4.00. The maximum absolute atomic E-state index is 13.3. The lowest BCUT2D eigenvalue weighted by molar-refractivity contribution is -0.137. The second-order valence-corrected chi connectivity index (χ2v) is 7.27. The number of imide groups is 1. The normalized spacial score (nSPS) is 17.0. The fourth-order valence-electron chi connectivity index (χ4n) is 3.83. The number of H-pyrrole nitrogens is 1. The third-order valence-corrected chi connectivity index (χ3v) is 5.36. The van der Waals surface area contributed by atoms with E-state index in [4.69, 9.17) is 4.74 Å². The molecule has 1 aromatic heterocycles. The maximum atomic E-state index is 13.3. The first-order valence-electron chi connectivity index (χ1n) is 9.70. The summed E-state index contributed by atoms with van der Waals surface area (Å²) in [6.07, 6.45) is -2.44. The van der Waals surface area contributed by atoms with Gasteiger partial charge in [0, 0.05) is 23.6 Å². The Morgan fingerprint density at radius 1 is 1.19 bits per heavy atom. The van der Waals surface area contributed by atoms with Crippen LogP contribution in [0.3, 0.4) is 0 Å². The van der Waals surface area contributed by atoms with E-state index >= 15 is 0 Å². The number of nitrogens with one attached hydrogen (secondary N) is 2. The molecule has 162 valence electrons. The Bertz CT molecular complexity index is 1140. The molecule has 31 heavy (non-hydrogen) atoms. The molecular weight excluding hydrogens is 411 g/mol. The van der Waals surface area contributed by atoms with Gasteiger partial charge in [-0.3, -0.25) is 9.59 Å². The quantitative estimate of drug-likeness (QED) is 0.585. The number of anilines is 1. The molecule has 2 aromatic carbocycles. The number of nitrogens with zero attached hydrogens (tertiary/aromatic N) is 1. The molecule has 2 N–H and O–H groups in total. The van der Waals surface area contributed by atoms with Crippen LogP contribution in [-0.2, 0) is 22.2 Å². The molecule has 1 saturated heterocycles. The van der Waals surface area contributed by atoms with E-state index in [0.29, 0.717) is 17.9 Å². The summed E-state index contributed by atoms with van der Waals surface area (Å²) in [6.45, 7) is 0.378. The van der Waals surface area contributed by atoms with Crippen LogP contribution in [0, 0.1) is 0 Å². The van der Waals surface area contributed by atoms with Gasteiger partial charge in [0.05, 0.1) is 30.8 Å². The number of fused-ring (bicyclic) bond motifs is 1. The molecule has 0 bridgehead atoms. The predicted octanol–water partition coefficient (Wildman–Crippen LogP) is 3.66. The Balaban J connectivity index is 1.46. The molecule has 2 heterocycles. The first-order valence-corrected chi connectivity index (χ1v) is 9.70. The van der Waals surface area contributed by atoms with Crippen molar-refractivity contribution in [2.24, 2.45) is 0 Å². The smallest absolute Gasteiger partial charge is 0.418 e. The van der Waals surface area contributed by atoms with Crippen molar-refractivity contribution in [3.8, 4) is 5.75 Å². The minimum Gasteiger partial charge on any atom is -0.497 e. The number of carbonyl (C=O) groups excluding carboxylic acids is 2. The number of ether oxygens (including phenoxy) is 1. The van der Waals surface area contributed by atoms with Gasteiger partial charge in [0.15, 0.2) is 0 Å². The van der Waals surface area contributed by atoms with E-state index in [1.807, 2.05) is 24.4 Å². The van der Waals surface area contributed by atoms with Crippen molar-refractivity contribution in [2.45, 2.75) is 25.1 Å². The van der Waals surface area contributed by atoms with Gasteiger partial charge in [-0.15, -0.1) is 0 Å². The van der Waals surface area contributed by atoms with Crippen LogP contribution in [0.1, 0.15) is 17.5 Å². The van der Waals surface area contributed by atoms with Gasteiger partial charge >= 0.3 is 6.18 Å². The number of aromatic amines is 1. The van der Waals surface area contributed by atoms with Crippen molar-refractivity contribution in [2.75, 3.05) is 18.6 Å². The van der Waals surface area contributed by atoms with Crippen LogP contribution in [0.15, 0.2) is 48.7 Å². The van der Waals surface area contributed by atoms with Gasteiger partial charge in [-0.2, -0.15) is 13.2 Å². The molecule has 1 fully saturated rings. The van der Waals surface area contributed by atoms with Crippen LogP contribution < -0.4 is 15.0 Å². The van der Waals surface area contributed by atoms with Crippen molar-refractivity contribution in [1.29, 1.82) is 0 Å². The van der Waals surface area contributed by atoms with Gasteiger partial charge in [0.2, 0.25) is 5.91 Å². The molecule has 2 amide bonds. The van der Waals surface area contributed by atoms with Crippen LogP contribution >= 0.6 is 0 Å². The van der Waals surface area contributed by atoms with Crippen LogP contribution in [0.2, 0.25) is 0 Å². The third kappa shape index (κ3) is 4.00. The largest absolute Gasteiger partial charge is 0.497 e. The summed E-state index contributed by atoms with van der Waals surface area (Å²) in [5.74, 6) is -0.616. The molecule has 0 spiro atoms. The van der Waals surface area contributed by atoms with E-state index in [1.54, 1.807) is 7.11 Å². The zero-order chi connectivity index (χ0) is 22.2. The second-order valence-electron chi connectivity index (χ2n) is 7.27. The molecule has 0 saturated carbocycles. The minimum atomic E-state index is -4.67. The fraction of sp³-hybridized carbons (Fsp3) is 0.273. The van der Waals surface area contributed by atoms with E-state index in [0.717, 1.165) is 34.3 Å². The average molecular weight is 431 g/mol.